The van der Waals surface area contributed by atoms with E-state index in [2.05, 4.69) is 28.8 Å². The van der Waals surface area contributed by atoms with Gasteiger partial charge in [-0.15, -0.1) is 0 Å². The van der Waals surface area contributed by atoms with Crippen molar-refractivity contribution in [2.24, 2.45) is 0 Å². The van der Waals surface area contributed by atoms with E-state index in [9.17, 15) is 5.11 Å². The first-order chi connectivity index (χ1) is 7.30. The normalized spacial score (nSPS) is 34.3. The lowest BCUT2D eigenvalue weighted by molar-refractivity contribution is 0.0233. The molecule has 2 aliphatic rings. The summed E-state index contributed by atoms with van der Waals surface area (Å²) in [5.41, 5.74) is 1.98. The first kappa shape index (κ1) is 9.33. The minimum atomic E-state index is -0.605. The van der Waals surface area contributed by atoms with Gasteiger partial charge in [0, 0.05) is 13.1 Å². The van der Waals surface area contributed by atoms with Gasteiger partial charge in [0.05, 0.1) is 11.6 Å². The molecule has 2 unspecified atom stereocenters. The Bertz CT molecular complexity index is 372. The van der Waals surface area contributed by atoms with Gasteiger partial charge < -0.3 is 15.7 Å². The lowest BCUT2D eigenvalue weighted by Gasteiger charge is -2.29. The lowest BCUT2D eigenvalue weighted by Crippen LogP contribution is -2.42. The second kappa shape index (κ2) is 3.30. The molecule has 3 nitrogen and oxygen atoms in total. The molecule has 3 heteroatoms. The topological polar surface area (TPSA) is 44.3 Å². The van der Waals surface area contributed by atoms with Crippen LogP contribution in [0.4, 0.5) is 0 Å². The van der Waals surface area contributed by atoms with Gasteiger partial charge in [-0.2, -0.15) is 0 Å². The van der Waals surface area contributed by atoms with E-state index >= 15 is 0 Å². The molecular weight excluding hydrogens is 188 g/mol. The molecule has 2 aliphatic heterocycles. The monoisotopic (exact) mass is 204 g/mol. The van der Waals surface area contributed by atoms with Crippen molar-refractivity contribution in [3.63, 3.8) is 0 Å². The van der Waals surface area contributed by atoms with E-state index in [1.54, 1.807) is 0 Å². The van der Waals surface area contributed by atoms with Crippen molar-refractivity contribution in [3.8, 4) is 0 Å². The van der Waals surface area contributed by atoms with E-state index in [0.717, 1.165) is 19.5 Å². The summed E-state index contributed by atoms with van der Waals surface area (Å²) in [6.07, 6.45) is 0.832. The van der Waals surface area contributed by atoms with Crippen molar-refractivity contribution < 1.29 is 5.11 Å². The van der Waals surface area contributed by atoms with E-state index < -0.39 is 5.60 Å². The zero-order chi connectivity index (χ0) is 10.3. The Morgan fingerprint density at radius 1 is 1.33 bits per heavy atom. The van der Waals surface area contributed by atoms with E-state index in [0.29, 0.717) is 6.54 Å². The van der Waals surface area contributed by atoms with Crippen LogP contribution < -0.4 is 10.6 Å². The van der Waals surface area contributed by atoms with Gasteiger partial charge >= 0.3 is 0 Å². The van der Waals surface area contributed by atoms with Gasteiger partial charge in [0.15, 0.2) is 0 Å². The molecule has 1 saturated heterocycles. The molecule has 1 fully saturated rings. The third-order valence-electron chi connectivity index (χ3n) is 3.57. The van der Waals surface area contributed by atoms with Crippen LogP contribution in [0, 0.1) is 0 Å². The summed E-state index contributed by atoms with van der Waals surface area (Å²) in [5, 5.41) is 17.2. The molecule has 0 spiro atoms. The quantitative estimate of drug-likeness (QED) is 0.626. The van der Waals surface area contributed by atoms with Gasteiger partial charge in [0.25, 0.3) is 0 Å². The van der Waals surface area contributed by atoms with Crippen LogP contribution in [0.3, 0.4) is 0 Å². The minimum absolute atomic E-state index is 0.101. The van der Waals surface area contributed by atoms with Crippen molar-refractivity contribution in [2.45, 2.75) is 24.6 Å². The Balaban J connectivity index is 1.96. The van der Waals surface area contributed by atoms with Crippen LogP contribution in [-0.2, 0) is 6.54 Å². The first-order valence-corrected chi connectivity index (χ1v) is 5.54. The van der Waals surface area contributed by atoms with Crippen LogP contribution in [0.15, 0.2) is 24.3 Å². The summed E-state index contributed by atoms with van der Waals surface area (Å²) in [7, 11) is 0. The Hall–Kier alpha value is -0.900. The van der Waals surface area contributed by atoms with Crippen LogP contribution >= 0.6 is 0 Å². The number of rotatable bonds is 1. The number of hydrogen-bond donors (Lipinski definition) is 3. The molecule has 0 bridgehead atoms. The predicted molar refractivity (Wildman–Crippen MR) is 58.5 cm³/mol. The molecule has 3 rings (SSSR count). The lowest BCUT2D eigenvalue weighted by atomic mass is 9.88. The van der Waals surface area contributed by atoms with Crippen molar-refractivity contribution in [2.75, 3.05) is 13.1 Å². The Morgan fingerprint density at radius 3 is 3.00 bits per heavy atom. The largest absolute Gasteiger partial charge is 0.387 e. The molecule has 1 aromatic carbocycles. The number of hydrogen-bond acceptors (Lipinski definition) is 3. The smallest absolute Gasteiger partial charge is 0.0977 e. The van der Waals surface area contributed by atoms with Crippen LogP contribution in [0.1, 0.15) is 23.6 Å². The SMILES string of the molecule is OC1(C2NCc3ccccc32)CCNC1. The van der Waals surface area contributed by atoms with Crippen LogP contribution in [0.2, 0.25) is 0 Å². The zero-order valence-electron chi connectivity index (χ0n) is 8.66. The number of benzene rings is 1. The molecular formula is C12H16N2O. The fraction of sp³-hybridized carbons (Fsp3) is 0.500. The van der Waals surface area contributed by atoms with E-state index in [4.69, 9.17) is 0 Å². The highest BCUT2D eigenvalue weighted by atomic mass is 16.3. The van der Waals surface area contributed by atoms with Crippen molar-refractivity contribution in [1.82, 2.24) is 10.6 Å². The third-order valence-corrected chi connectivity index (χ3v) is 3.57. The predicted octanol–water partition coefficient (Wildman–Crippen LogP) is 0.555. The van der Waals surface area contributed by atoms with E-state index in [1.165, 1.54) is 11.1 Å². The Labute approximate surface area is 89.5 Å². The van der Waals surface area contributed by atoms with Gasteiger partial charge in [-0.05, 0) is 24.1 Å². The summed E-state index contributed by atoms with van der Waals surface area (Å²) in [4.78, 5) is 0. The van der Waals surface area contributed by atoms with Gasteiger partial charge in [0.2, 0.25) is 0 Å². The van der Waals surface area contributed by atoms with Gasteiger partial charge in [-0.25, -0.2) is 0 Å². The number of aliphatic hydroxyl groups is 1. The summed E-state index contributed by atoms with van der Waals surface area (Å²) in [5.74, 6) is 0. The van der Waals surface area contributed by atoms with Crippen LogP contribution in [0.5, 0.6) is 0 Å². The van der Waals surface area contributed by atoms with Crippen molar-refractivity contribution >= 4 is 0 Å². The average molecular weight is 204 g/mol. The molecule has 2 heterocycles. The minimum Gasteiger partial charge on any atom is -0.387 e. The molecule has 0 amide bonds. The van der Waals surface area contributed by atoms with Crippen molar-refractivity contribution in [3.05, 3.63) is 35.4 Å². The second-order valence-corrected chi connectivity index (χ2v) is 4.54. The molecule has 15 heavy (non-hydrogen) atoms. The van der Waals surface area contributed by atoms with Gasteiger partial charge in [0.1, 0.15) is 0 Å². The fourth-order valence-electron chi connectivity index (χ4n) is 2.72. The number of β-amino-alcohol motifs (C(OH)–C–C–N with tert-alkyl or cyclic N) is 1. The van der Waals surface area contributed by atoms with Gasteiger partial charge in [-0.1, -0.05) is 24.3 Å². The van der Waals surface area contributed by atoms with Crippen molar-refractivity contribution in [1.29, 1.82) is 0 Å². The van der Waals surface area contributed by atoms with Crippen LogP contribution in [-0.4, -0.2) is 23.8 Å². The average Bonchev–Trinajstić information content (AvgIpc) is 2.84. The molecule has 0 aromatic heterocycles. The standard InChI is InChI=1S/C12H16N2O/c15-12(5-6-13-8-12)11-10-4-2-1-3-9(10)7-14-11/h1-4,11,13-15H,5-8H2. The van der Waals surface area contributed by atoms with E-state index in [-0.39, 0.29) is 6.04 Å². The number of fused-ring (bicyclic) bond motifs is 1. The molecule has 0 saturated carbocycles. The van der Waals surface area contributed by atoms with Crippen LogP contribution in [0.25, 0.3) is 0 Å². The van der Waals surface area contributed by atoms with E-state index in [1.807, 2.05) is 6.07 Å². The Morgan fingerprint density at radius 2 is 2.20 bits per heavy atom. The second-order valence-electron chi connectivity index (χ2n) is 4.54. The maximum atomic E-state index is 10.5. The Kier molecular flexibility index (Phi) is 2.06. The molecule has 80 valence electrons. The fourth-order valence-corrected chi connectivity index (χ4v) is 2.72. The third kappa shape index (κ3) is 1.39. The summed E-state index contributed by atoms with van der Waals surface area (Å²) < 4.78 is 0. The zero-order valence-corrected chi connectivity index (χ0v) is 8.66. The highest BCUT2D eigenvalue weighted by molar-refractivity contribution is 5.36. The highest BCUT2D eigenvalue weighted by Crippen LogP contribution is 2.36. The summed E-state index contributed by atoms with van der Waals surface area (Å²) >= 11 is 0. The van der Waals surface area contributed by atoms with Gasteiger partial charge in [-0.3, -0.25) is 0 Å². The summed E-state index contributed by atoms with van der Waals surface area (Å²) in [6.45, 7) is 2.49. The summed E-state index contributed by atoms with van der Waals surface area (Å²) in [6, 6.07) is 8.46. The maximum absolute atomic E-state index is 10.5. The first-order valence-electron chi connectivity index (χ1n) is 5.54. The molecule has 0 aliphatic carbocycles. The number of nitrogens with one attached hydrogen (secondary N) is 2. The molecule has 2 atom stereocenters. The highest BCUT2D eigenvalue weighted by Gasteiger charge is 2.42. The molecule has 0 radical (unpaired) electrons. The molecule has 3 N–H and O–H groups in total. The maximum Gasteiger partial charge on any atom is 0.0977 e. The molecule has 1 aromatic rings.